The van der Waals surface area contributed by atoms with Gasteiger partial charge in [-0.05, 0) is 44.0 Å². The Hall–Kier alpha value is -2.60. The fourth-order valence-corrected chi connectivity index (χ4v) is 3.19. The number of nitrogens with zero attached hydrogens (tertiary/aromatic N) is 2. The molecular weight excluding hydrogens is 342 g/mol. The highest BCUT2D eigenvalue weighted by molar-refractivity contribution is 6.31. The highest BCUT2D eigenvalue weighted by Gasteiger charge is 2.23. The number of carbonyl (C=O) groups is 2. The first-order valence-corrected chi connectivity index (χ1v) is 8.41. The Morgan fingerprint density at radius 1 is 1.32 bits per heavy atom. The Balaban J connectivity index is 1.88. The summed E-state index contributed by atoms with van der Waals surface area (Å²) in [7, 11) is 0. The van der Waals surface area contributed by atoms with Gasteiger partial charge in [-0.25, -0.2) is 9.78 Å². The zero-order valence-corrected chi connectivity index (χ0v) is 14.5. The minimum Gasteiger partial charge on any atom is -0.478 e. The van der Waals surface area contributed by atoms with Gasteiger partial charge in [0, 0.05) is 17.6 Å². The molecule has 0 radical (unpaired) electrons. The third-order valence-corrected chi connectivity index (χ3v) is 4.48. The summed E-state index contributed by atoms with van der Waals surface area (Å²) in [5.74, 6) is -0.944. The van der Waals surface area contributed by atoms with Crippen LogP contribution in [0.5, 0.6) is 0 Å². The molecule has 2 heterocycles. The Bertz CT molecular complexity index is 825. The number of carbonyl (C=O) groups excluding carboxylic acids is 1. The summed E-state index contributed by atoms with van der Waals surface area (Å²) in [6.07, 6.45) is 2.14. The van der Waals surface area contributed by atoms with Gasteiger partial charge in [0.15, 0.2) is 0 Å². The number of amides is 1. The maximum Gasteiger partial charge on any atom is 0.337 e. The van der Waals surface area contributed by atoms with Crippen LogP contribution in [0, 0.1) is 0 Å². The Morgan fingerprint density at radius 3 is 2.76 bits per heavy atom. The smallest absolute Gasteiger partial charge is 0.337 e. The van der Waals surface area contributed by atoms with E-state index in [9.17, 15) is 14.7 Å². The fraction of sp³-hybridized carbons (Fsp3) is 0.278. The minimum atomic E-state index is -1.11. The third-order valence-electron chi connectivity index (χ3n) is 4.26. The van der Waals surface area contributed by atoms with Crippen molar-refractivity contribution in [2.75, 3.05) is 16.8 Å². The Kier molecular flexibility index (Phi) is 4.90. The Morgan fingerprint density at radius 2 is 2.08 bits per heavy atom. The highest BCUT2D eigenvalue weighted by atomic mass is 35.5. The standard InChI is InChI=1S/C18H18ClN3O3/c1-11-5-4-8-22(11)16-10-12(19)9-15(20-16)17(23)21-14-7-3-2-6-13(14)18(24)25/h2-3,6-7,9-11H,4-5,8H2,1H3,(H,21,23)(H,24,25). The van der Waals surface area contributed by atoms with Crippen LogP contribution < -0.4 is 10.2 Å². The molecule has 1 fully saturated rings. The average molecular weight is 360 g/mol. The number of anilines is 2. The van der Waals surface area contributed by atoms with E-state index in [1.807, 2.05) is 0 Å². The number of aromatic carboxylic acids is 1. The van der Waals surface area contributed by atoms with Crippen LogP contribution in [-0.2, 0) is 0 Å². The first kappa shape index (κ1) is 17.2. The minimum absolute atomic E-state index is 0.0197. The number of pyridine rings is 1. The lowest BCUT2D eigenvalue weighted by molar-refractivity contribution is 0.0698. The average Bonchev–Trinajstić information content (AvgIpc) is 3.00. The van der Waals surface area contributed by atoms with E-state index in [2.05, 4.69) is 22.1 Å². The molecule has 0 saturated carbocycles. The van der Waals surface area contributed by atoms with Crippen LogP contribution in [0.25, 0.3) is 0 Å². The van der Waals surface area contributed by atoms with Crippen LogP contribution in [0.2, 0.25) is 5.02 Å². The zero-order chi connectivity index (χ0) is 18.0. The predicted molar refractivity (Wildman–Crippen MR) is 96.6 cm³/mol. The van der Waals surface area contributed by atoms with Crippen LogP contribution in [-0.4, -0.2) is 34.6 Å². The predicted octanol–water partition coefficient (Wildman–Crippen LogP) is 3.67. The van der Waals surface area contributed by atoms with E-state index in [1.165, 1.54) is 18.2 Å². The lowest BCUT2D eigenvalue weighted by atomic mass is 10.1. The van der Waals surface area contributed by atoms with Gasteiger partial charge in [0.2, 0.25) is 0 Å². The van der Waals surface area contributed by atoms with E-state index in [-0.39, 0.29) is 16.9 Å². The summed E-state index contributed by atoms with van der Waals surface area (Å²) in [5.41, 5.74) is 0.394. The van der Waals surface area contributed by atoms with Gasteiger partial charge in [-0.3, -0.25) is 4.79 Å². The van der Waals surface area contributed by atoms with Crippen molar-refractivity contribution in [2.45, 2.75) is 25.8 Å². The second-order valence-corrected chi connectivity index (χ2v) is 6.45. The van der Waals surface area contributed by atoms with E-state index in [1.54, 1.807) is 18.2 Å². The molecule has 1 aliphatic heterocycles. The molecule has 1 aromatic carbocycles. The SMILES string of the molecule is CC1CCCN1c1cc(Cl)cc(C(=O)Nc2ccccc2C(=O)O)n1. The van der Waals surface area contributed by atoms with Crippen LogP contribution in [0.3, 0.4) is 0 Å². The van der Waals surface area contributed by atoms with Gasteiger partial charge < -0.3 is 15.3 Å². The number of para-hydroxylation sites is 1. The number of aromatic nitrogens is 1. The molecule has 0 spiro atoms. The summed E-state index contributed by atoms with van der Waals surface area (Å²) in [4.78, 5) is 30.3. The molecule has 1 unspecified atom stereocenters. The first-order valence-electron chi connectivity index (χ1n) is 8.03. The number of benzene rings is 1. The molecule has 130 valence electrons. The number of carboxylic acid groups (broad SMARTS) is 1. The van der Waals surface area contributed by atoms with E-state index < -0.39 is 11.9 Å². The van der Waals surface area contributed by atoms with Crippen molar-refractivity contribution < 1.29 is 14.7 Å². The van der Waals surface area contributed by atoms with Crippen molar-refractivity contribution in [3.63, 3.8) is 0 Å². The van der Waals surface area contributed by atoms with Gasteiger partial charge in [-0.1, -0.05) is 23.7 Å². The molecule has 1 aromatic heterocycles. The summed E-state index contributed by atoms with van der Waals surface area (Å²) >= 11 is 6.16. The van der Waals surface area contributed by atoms with E-state index >= 15 is 0 Å². The first-order chi connectivity index (χ1) is 12.0. The van der Waals surface area contributed by atoms with Gasteiger partial charge in [0.05, 0.1) is 11.3 Å². The molecule has 0 aliphatic carbocycles. The summed E-state index contributed by atoms with van der Waals surface area (Å²) < 4.78 is 0. The fourth-order valence-electron chi connectivity index (χ4n) is 2.99. The zero-order valence-electron chi connectivity index (χ0n) is 13.7. The normalized spacial score (nSPS) is 16.7. The number of nitrogens with one attached hydrogen (secondary N) is 1. The van der Waals surface area contributed by atoms with Crippen LogP contribution in [0.1, 0.15) is 40.6 Å². The van der Waals surface area contributed by atoms with Crippen molar-refractivity contribution in [1.82, 2.24) is 4.98 Å². The molecule has 25 heavy (non-hydrogen) atoms. The van der Waals surface area contributed by atoms with Gasteiger partial charge in [-0.15, -0.1) is 0 Å². The topological polar surface area (TPSA) is 82.5 Å². The second kappa shape index (κ2) is 7.11. The van der Waals surface area contributed by atoms with E-state index in [0.29, 0.717) is 16.9 Å². The third kappa shape index (κ3) is 3.74. The molecule has 1 aliphatic rings. The van der Waals surface area contributed by atoms with Crippen molar-refractivity contribution in [3.8, 4) is 0 Å². The summed E-state index contributed by atoms with van der Waals surface area (Å²) in [6.45, 7) is 2.98. The molecule has 3 rings (SSSR count). The number of halogens is 1. The lowest BCUT2D eigenvalue weighted by Crippen LogP contribution is -2.28. The summed E-state index contributed by atoms with van der Waals surface area (Å²) in [6, 6.07) is 9.79. The van der Waals surface area contributed by atoms with Crippen LogP contribution >= 0.6 is 11.6 Å². The highest BCUT2D eigenvalue weighted by Crippen LogP contribution is 2.27. The van der Waals surface area contributed by atoms with E-state index in [4.69, 9.17) is 11.6 Å². The van der Waals surface area contributed by atoms with Crippen molar-refractivity contribution in [2.24, 2.45) is 0 Å². The van der Waals surface area contributed by atoms with Crippen molar-refractivity contribution in [1.29, 1.82) is 0 Å². The number of hydrogen-bond donors (Lipinski definition) is 2. The van der Waals surface area contributed by atoms with Crippen molar-refractivity contribution in [3.05, 3.63) is 52.7 Å². The number of carboxylic acids is 1. The van der Waals surface area contributed by atoms with E-state index in [0.717, 1.165) is 19.4 Å². The maximum atomic E-state index is 12.5. The quantitative estimate of drug-likeness (QED) is 0.870. The van der Waals surface area contributed by atoms with Crippen molar-refractivity contribution >= 4 is 35.0 Å². The summed E-state index contributed by atoms with van der Waals surface area (Å²) in [5, 5.41) is 12.2. The molecule has 2 N–H and O–H groups in total. The molecule has 7 heteroatoms. The van der Waals surface area contributed by atoms with Gasteiger partial charge in [0.25, 0.3) is 5.91 Å². The van der Waals surface area contributed by atoms with Crippen LogP contribution in [0.15, 0.2) is 36.4 Å². The maximum absolute atomic E-state index is 12.5. The molecule has 2 aromatic rings. The largest absolute Gasteiger partial charge is 0.478 e. The molecule has 0 bridgehead atoms. The molecule has 6 nitrogen and oxygen atoms in total. The molecule has 1 atom stereocenters. The van der Waals surface area contributed by atoms with Gasteiger partial charge in [0.1, 0.15) is 11.5 Å². The number of hydrogen-bond acceptors (Lipinski definition) is 4. The second-order valence-electron chi connectivity index (χ2n) is 6.02. The Labute approximate surface area is 150 Å². The van der Waals surface area contributed by atoms with Crippen LogP contribution in [0.4, 0.5) is 11.5 Å². The van der Waals surface area contributed by atoms with Gasteiger partial charge >= 0.3 is 5.97 Å². The molecule has 1 saturated heterocycles. The molecular formula is C18H18ClN3O3. The molecule has 1 amide bonds. The monoisotopic (exact) mass is 359 g/mol. The number of rotatable bonds is 4. The van der Waals surface area contributed by atoms with Gasteiger partial charge in [-0.2, -0.15) is 0 Å². The lowest BCUT2D eigenvalue weighted by Gasteiger charge is -2.23.